The summed E-state index contributed by atoms with van der Waals surface area (Å²) in [6, 6.07) is 11.8. The summed E-state index contributed by atoms with van der Waals surface area (Å²) < 4.78 is 39.0. The van der Waals surface area contributed by atoms with Crippen LogP contribution >= 0.6 is 0 Å². The number of hydrogen-bond acceptors (Lipinski definition) is 4. The highest BCUT2D eigenvalue weighted by molar-refractivity contribution is 5.83. The predicted molar refractivity (Wildman–Crippen MR) is 118 cm³/mol. The van der Waals surface area contributed by atoms with Gasteiger partial charge in [0.25, 0.3) is 0 Å². The first-order valence-electron chi connectivity index (χ1n) is 11.6. The molecule has 1 aliphatic carbocycles. The molecule has 2 N–H and O–H groups in total. The largest absolute Gasteiger partial charge is 0.401 e. The van der Waals surface area contributed by atoms with Crippen LogP contribution in [0.25, 0.3) is 0 Å². The molecule has 1 aromatic carbocycles. The van der Waals surface area contributed by atoms with Crippen molar-refractivity contribution in [2.75, 3.05) is 13.1 Å². The Bertz CT molecular complexity index is 925. The van der Waals surface area contributed by atoms with E-state index in [-0.39, 0.29) is 24.3 Å². The molecule has 0 spiro atoms. The van der Waals surface area contributed by atoms with Crippen LogP contribution in [0.15, 0.2) is 54.9 Å². The highest BCUT2D eigenvalue weighted by Gasteiger charge is 2.51. The van der Waals surface area contributed by atoms with Crippen LogP contribution in [0.1, 0.15) is 43.2 Å². The van der Waals surface area contributed by atoms with E-state index in [1.165, 1.54) is 0 Å². The number of aromatic nitrogens is 1. The van der Waals surface area contributed by atoms with Gasteiger partial charge in [-0.15, -0.1) is 0 Å². The lowest BCUT2D eigenvalue weighted by molar-refractivity contribution is -0.158. The molecule has 0 radical (unpaired) electrons. The van der Waals surface area contributed by atoms with Gasteiger partial charge in [-0.05, 0) is 48.9 Å². The zero-order valence-corrected chi connectivity index (χ0v) is 18.5. The molecule has 5 nitrogen and oxygen atoms in total. The maximum absolute atomic E-state index is 13.6. The fraction of sp³-hybridized carbons (Fsp3) is 0.520. The molecule has 2 aliphatic rings. The first-order chi connectivity index (χ1) is 15.8. The molecule has 1 saturated carbocycles. The summed E-state index contributed by atoms with van der Waals surface area (Å²) in [4.78, 5) is 19.3. The van der Waals surface area contributed by atoms with Gasteiger partial charge in [-0.3, -0.25) is 15.1 Å². The summed E-state index contributed by atoms with van der Waals surface area (Å²) >= 11 is 0. The molecule has 33 heavy (non-hydrogen) atoms. The second-order valence-corrected chi connectivity index (χ2v) is 9.14. The fourth-order valence-corrected chi connectivity index (χ4v) is 5.48. The predicted octanol–water partition coefficient (Wildman–Crippen LogP) is 3.82. The van der Waals surface area contributed by atoms with Crippen LogP contribution in [0.3, 0.4) is 0 Å². The number of piperidine rings is 1. The van der Waals surface area contributed by atoms with E-state index in [0.29, 0.717) is 13.0 Å². The van der Waals surface area contributed by atoms with Gasteiger partial charge in [0.2, 0.25) is 5.91 Å². The lowest BCUT2D eigenvalue weighted by Gasteiger charge is -2.53. The molecule has 1 amide bonds. The third-order valence-electron chi connectivity index (χ3n) is 7.07. The number of rotatable bonds is 6. The smallest absolute Gasteiger partial charge is 0.385 e. The topological polar surface area (TPSA) is 65.5 Å². The molecule has 1 saturated heterocycles. The molecular weight excluding hydrogens is 431 g/mol. The molecule has 2 fully saturated rings. The Morgan fingerprint density at radius 2 is 1.85 bits per heavy atom. The van der Waals surface area contributed by atoms with Crippen molar-refractivity contribution in [1.82, 2.24) is 15.2 Å². The summed E-state index contributed by atoms with van der Waals surface area (Å²) in [6.45, 7) is -0.920. The Labute approximate surface area is 192 Å². The Hall–Kier alpha value is -2.45. The summed E-state index contributed by atoms with van der Waals surface area (Å²) in [5.74, 6) is -0.474. The third-order valence-corrected chi connectivity index (χ3v) is 7.07. The van der Waals surface area contributed by atoms with Crippen molar-refractivity contribution in [2.45, 2.75) is 62.4 Å². The number of aliphatic hydroxyl groups is 1. The van der Waals surface area contributed by atoms with Crippen molar-refractivity contribution >= 4 is 5.91 Å². The van der Waals surface area contributed by atoms with Crippen molar-refractivity contribution in [3.8, 4) is 0 Å². The average Bonchev–Trinajstić information content (AvgIpc) is 2.82. The minimum atomic E-state index is -4.42. The molecule has 2 aromatic rings. The molecular formula is C25H30F3N3O2. The Morgan fingerprint density at radius 1 is 1.15 bits per heavy atom. The van der Waals surface area contributed by atoms with Crippen LogP contribution in [0.2, 0.25) is 0 Å². The normalized spacial score (nSPS) is 26.5. The van der Waals surface area contributed by atoms with Crippen molar-refractivity contribution in [2.24, 2.45) is 5.92 Å². The van der Waals surface area contributed by atoms with Crippen molar-refractivity contribution in [3.63, 3.8) is 0 Å². The van der Waals surface area contributed by atoms with Gasteiger partial charge in [-0.1, -0.05) is 43.2 Å². The zero-order chi connectivity index (χ0) is 23.5. The number of likely N-dealkylation sites (tertiary alicyclic amines) is 1. The van der Waals surface area contributed by atoms with Gasteiger partial charge in [-0.2, -0.15) is 13.2 Å². The van der Waals surface area contributed by atoms with Crippen LogP contribution in [0, 0.1) is 5.92 Å². The van der Waals surface area contributed by atoms with E-state index in [9.17, 15) is 23.1 Å². The zero-order valence-electron chi connectivity index (χ0n) is 18.5. The average molecular weight is 462 g/mol. The molecule has 0 bridgehead atoms. The standard InChI is InChI=1S/C25H30F3N3O2/c26-25(27,28)17-30-21(16-18-10-13-29-14-11-18)23(32)31-15-12-24(33,19-6-2-1-3-7-19)20-8-4-5-9-22(20)31/h1-3,6-7,10-11,13-14,20-22,30,33H,4-5,8-9,12,15-17H2/t20-,21+,22+,24?/m1/s1. The number of hydrogen-bond donors (Lipinski definition) is 2. The number of nitrogens with zero attached hydrogens (tertiary/aromatic N) is 2. The molecule has 2 heterocycles. The van der Waals surface area contributed by atoms with Gasteiger partial charge < -0.3 is 10.0 Å². The number of amides is 1. The number of carbonyl (C=O) groups excluding carboxylic acids is 1. The third kappa shape index (κ3) is 5.38. The van der Waals surface area contributed by atoms with E-state index in [2.05, 4.69) is 10.3 Å². The first-order valence-corrected chi connectivity index (χ1v) is 11.6. The van der Waals surface area contributed by atoms with E-state index in [0.717, 1.165) is 36.8 Å². The highest BCUT2D eigenvalue weighted by atomic mass is 19.4. The second kappa shape index (κ2) is 9.81. The maximum atomic E-state index is 13.6. The van der Waals surface area contributed by atoms with Crippen molar-refractivity contribution < 1.29 is 23.1 Å². The van der Waals surface area contributed by atoms with Gasteiger partial charge >= 0.3 is 6.18 Å². The molecule has 4 atom stereocenters. The number of benzene rings is 1. The van der Waals surface area contributed by atoms with Crippen LogP contribution in [0.5, 0.6) is 0 Å². The summed E-state index contributed by atoms with van der Waals surface area (Å²) in [5, 5.41) is 14.2. The van der Waals surface area contributed by atoms with Gasteiger partial charge in [0, 0.05) is 30.9 Å². The Balaban J connectivity index is 1.58. The molecule has 8 heteroatoms. The van der Waals surface area contributed by atoms with Gasteiger partial charge in [0.15, 0.2) is 0 Å². The molecule has 178 valence electrons. The molecule has 1 unspecified atom stereocenters. The van der Waals surface area contributed by atoms with E-state index in [1.807, 2.05) is 30.3 Å². The number of nitrogens with one attached hydrogen (secondary N) is 1. The Morgan fingerprint density at radius 3 is 2.55 bits per heavy atom. The second-order valence-electron chi connectivity index (χ2n) is 9.14. The minimum absolute atomic E-state index is 0.143. The highest BCUT2D eigenvalue weighted by Crippen LogP contribution is 2.47. The van der Waals surface area contributed by atoms with E-state index >= 15 is 0 Å². The number of fused-ring (bicyclic) bond motifs is 1. The summed E-state index contributed by atoms with van der Waals surface area (Å²) in [6.07, 6.45) is 2.65. The lowest BCUT2D eigenvalue weighted by atomic mass is 9.66. The van der Waals surface area contributed by atoms with E-state index in [1.54, 1.807) is 29.4 Å². The van der Waals surface area contributed by atoms with Crippen molar-refractivity contribution in [3.05, 3.63) is 66.0 Å². The van der Waals surface area contributed by atoms with Gasteiger partial charge in [0.05, 0.1) is 18.2 Å². The van der Waals surface area contributed by atoms with E-state index < -0.39 is 24.4 Å². The van der Waals surface area contributed by atoms with Gasteiger partial charge in [0.1, 0.15) is 0 Å². The summed E-state index contributed by atoms with van der Waals surface area (Å²) in [7, 11) is 0. The summed E-state index contributed by atoms with van der Waals surface area (Å²) in [5.41, 5.74) is 0.553. The SMILES string of the molecule is O=C([C@H](Cc1ccncc1)NCC(F)(F)F)N1CCC(O)(c2ccccc2)[C@@H]2CCCC[C@@H]21. The van der Waals surface area contributed by atoms with Crippen LogP contribution in [0.4, 0.5) is 13.2 Å². The van der Waals surface area contributed by atoms with Crippen LogP contribution in [-0.2, 0) is 16.8 Å². The fourth-order valence-electron chi connectivity index (χ4n) is 5.48. The van der Waals surface area contributed by atoms with Crippen LogP contribution < -0.4 is 5.32 Å². The monoisotopic (exact) mass is 461 g/mol. The lowest BCUT2D eigenvalue weighted by Crippen LogP contribution is -2.62. The van der Waals surface area contributed by atoms with E-state index in [4.69, 9.17) is 0 Å². The van der Waals surface area contributed by atoms with Crippen LogP contribution in [-0.4, -0.2) is 52.2 Å². The van der Waals surface area contributed by atoms with Crippen molar-refractivity contribution in [1.29, 1.82) is 0 Å². The quantitative estimate of drug-likeness (QED) is 0.687. The molecule has 1 aromatic heterocycles. The number of halogens is 3. The Kier molecular flexibility index (Phi) is 7.05. The number of carbonyl (C=O) groups is 1. The first kappa shape index (κ1) is 23.7. The molecule has 1 aliphatic heterocycles. The van der Waals surface area contributed by atoms with Gasteiger partial charge in [-0.25, -0.2) is 0 Å². The number of alkyl halides is 3. The maximum Gasteiger partial charge on any atom is 0.401 e. The molecule has 4 rings (SSSR count). The number of pyridine rings is 1. The minimum Gasteiger partial charge on any atom is -0.385 e.